The highest BCUT2D eigenvalue weighted by Crippen LogP contribution is 2.37. The summed E-state index contributed by atoms with van der Waals surface area (Å²) >= 11 is 0. The van der Waals surface area contributed by atoms with Crippen LogP contribution in [0.1, 0.15) is 105 Å². The molecule has 112 heavy (non-hydrogen) atoms. The van der Waals surface area contributed by atoms with E-state index in [9.17, 15) is 0 Å². The molecule has 0 saturated heterocycles. The van der Waals surface area contributed by atoms with Gasteiger partial charge in [0.05, 0.1) is 34.2 Å². The smallest absolute Gasteiger partial charge is 0.134 e. The largest absolute Gasteiger partial charge is 0.264 e. The van der Waals surface area contributed by atoms with Gasteiger partial charge in [0.1, 0.15) is 49.5 Å². The van der Waals surface area contributed by atoms with Gasteiger partial charge in [-0.3, -0.25) is 29.9 Å². The zero-order chi connectivity index (χ0) is 74.4. The Hall–Kier alpha value is -14.7. The highest BCUT2D eigenvalue weighted by atomic mass is 14.9. The highest BCUT2D eigenvalue weighted by molar-refractivity contribution is 5.76. The molecule has 20 heteroatoms. The Kier molecular flexibility index (Phi) is 27.7. The van der Waals surface area contributed by atoms with Crippen LogP contribution in [0, 0.1) is 0 Å². The van der Waals surface area contributed by atoms with Crippen LogP contribution in [0.2, 0.25) is 0 Å². The zero-order valence-corrected chi connectivity index (χ0v) is 59.9. The molecule has 0 saturated carbocycles. The molecule has 0 atom stereocenters. The second-order valence-electron chi connectivity index (χ2n) is 25.3. The topological polar surface area (TPSA) is 258 Å². The first-order valence-electron chi connectivity index (χ1n) is 35.7. The fraction of sp³-hybridized carbons (Fsp3) is 0.109. The first-order chi connectivity index (χ1) is 54.6. The number of benzene rings is 5. The van der Waals surface area contributed by atoms with Gasteiger partial charge in [-0.15, -0.1) is 0 Å². The summed E-state index contributed by atoms with van der Waals surface area (Å²) in [7, 11) is 0. The van der Waals surface area contributed by atoms with Gasteiger partial charge in [0.2, 0.25) is 0 Å². The molecule has 548 valence electrons. The normalized spacial score (nSPS) is 11.0. The van der Waals surface area contributed by atoms with E-state index in [2.05, 4.69) is 221 Å². The quantitative estimate of drug-likeness (QED) is 0.150. The molecule has 0 radical (unpaired) electrons. The summed E-state index contributed by atoms with van der Waals surface area (Å²) in [6, 6.07) is 65.8. The summed E-state index contributed by atoms with van der Waals surface area (Å²) in [4.78, 5) is 82.2. The van der Waals surface area contributed by atoms with Crippen molar-refractivity contribution in [1.29, 1.82) is 0 Å². The standard InChI is InChI=1S/C13H12.C12H9N.C11H8N2.2C10H7N3.C10H9N3.C9H6N4.C9H8N4.C6H6.2CH4/c1-3-7-12(8-4-1)11-13-9-5-2-6-10-13;1-2-4-11-9(3-1)7-10-5-6-13-8-12(10)11;1-2-4-10-8(3-1)5-9-6-12-7-13-11(9)10;1-2-11-4-8-7(1)3-10-9(8)5-12-6-13-10;1-2-7-6-8-10(9(7)12-3-1)13-5-4-11-8;1-2-5-11-9(4-1)8-10-12-6-3-7-13-10;1-6-2-10-4-12-8(6)9-7(1)3-11-5-13-9;1(8-2-10-6-11-3-8)9-4-12-7-13-5-9;1-2-4-6-5-3-1;;/h1-10H,11H2;1-6,8H,7H2;1-4,6-7H,5H2;1-2,4-6H,3H2;1-5H,6H2;1-7H,8H2;2-5H,1H2;2-7H,1H2;1-6H;2*1H4. The number of rotatable bonds is 6. The van der Waals surface area contributed by atoms with Crippen molar-refractivity contribution < 1.29 is 0 Å². The minimum Gasteiger partial charge on any atom is -0.264 e. The third-order valence-electron chi connectivity index (χ3n) is 17.9. The number of fused-ring (bicyclic) bond motifs is 15. The van der Waals surface area contributed by atoms with Crippen molar-refractivity contribution in [3.63, 3.8) is 0 Å². The van der Waals surface area contributed by atoms with Gasteiger partial charge in [-0.1, -0.05) is 173 Å². The van der Waals surface area contributed by atoms with Crippen LogP contribution >= 0.6 is 0 Å². The maximum absolute atomic E-state index is 4.30. The van der Waals surface area contributed by atoms with Crippen LogP contribution in [-0.2, 0) is 51.4 Å². The second kappa shape index (κ2) is 40.3. The average Bonchev–Trinajstić information content (AvgIpc) is 1.68. The van der Waals surface area contributed by atoms with Gasteiger partial charge in [0, 0.05) is 195 Å². The lowest BCUT2D eigenvalue weighted by molar-refractivity contribution is 0.935. The minimum absolute atomic E-state index is 0. The first-order valence-corrected chi connectivity index (χ1v) is 35.7. The molecule has 22 rings (SSSR count). The van der Waals surface area contributed by atoms with Gasteiger partial charge in [-0.25, -0.2) is 69.8 Å². The molecular formula is C92H80N20. The van der Waals surface area contributed by atoms with Crippen molar-refractivity contribution in [2.45, 2.75) is 66.2 Å². The van der Waals surface area contributed by atoms with E-state index in [4.69, 9.17) is 0 Å². The van der Waals surface area contributed by atoms with Gasteiger partial charge < -0.3 is 0 Å². The molecule has 0 aliphatic heterocycles. The molecular weight excluding hydrogens is 1390 g/mol. The number of nitrogens with zero attached hydrogens (tertiary/aromatic N) is 20. The van der Waals surface area contributed by atoms with E-state index in [0.717, 1.165) is 124 Å². The fourth-order valence-corrected chi connectivity index (χ4v) is 12.8. The zero-order valence-electron chi connectivity index (χ0n) is 59.9. The summed E-state index contributed by atoms with van der Waals surface area (Å²) in [6.45, 7) is 0. The number of aromatic nitrogens is 20. The predicted molar refractivity (Wildman–Crippen MR) is 436 cm³/mol. The van der Waals surface area contributed by atoms with Gasteiger partial charge in [-0.2, -0.15) is 0 Å². The van der Waals surface area contributed by atoms with E-state index in [1.165, 1.54) is 79.4 Å². The van der Waals surface area contributed by atoms with E-state index >= 15 is 0 Å². The lowest BCUT2D eigenvalue weighted by Crippen LogP contribution is -1.96. The van der Waals surface area contributed by atoms with Crippen LogP contribution in [-0.4, -0.2) is 99.7 Å². The highest BCUT2D eigenvalue weighted by Gasteiger charge is 2.24. The van der Waals surface area contributed by atoms with Crippen molar-refractivity contribution in [1.82, 2.24) is 99.7 Å². The first kappa shape index (κ1) is 77.0. The lowest BCUT2D eigenvalue weighted by Gasteiger charge is -2.00. The Balaban J connectivity index is 0.000000117. The maximum atomic E-state index is 4.30. The maximum Gasteiger partial charge on any atom is 0.134 e. The van der Waals surface area contributed by atoms with Gasteiger partial charge in [0.15, 0.2) is 0 Å². The van der Waals surface area contributed by atoms with Crippen molar-refractivity contribution in [3.05, 3.63) is 433 Å². The molecule has 12 heterocycles. The summed E-state index contributed by atoms with van der Waals surface area (Å²) < 4.78 is 0. The van der Waals surface area contributed by atoms with E-state index < -0.39 is 0 Å². The monoisotopic (exact) mass is 1460 g/mol. The molecule has 12 aromatic heterocycles. The van der Waals surface area contributed by atoms with E-state index in [1.54, 1.807) is 87.3 Å². The Morgan fingerprint density at radius 2 is 0.607 bits per heavy atom. The summed E-state index contributed by atoms with van der Waals surface area (Å²) in [5.74, 6) is 0.807. The fourth-order valence-electron chi connectivity index (χ4n) is 12.8. The average molecular weight is 1470 g/mol. The van der Waals surface area contributed by atoms with Crippen LogP contribution in [0.4, 0.5) is 0 Å². The Labute approximate surface area is 651 Å². The van der Waals surface area contributed by atoms with Gasteiger partial charge in [0.25, 0.3) is 0 Å². The Bertz CT molecular complexity index is 4650. The van der Waals surface area contributed by atoms with Crippen LogP contribution < -0.4 is 0 Å². The molecule has 0 amide bonds. The third-order valence-corrected chi connectivity index (χ3v) is 17.9. The molecule has 0 bridgehead atoms. The molecule has 0 fully saturated rings. The van der Waals surface area contributed by atoms with Crippen molar-refractivity contribution >= 4 is 0 Å². The van der Waals surface area contributed by atoms with Crippen molar-refractivity contribution in [3.8, 4) is 56.3 Å². The van der Waals surface area contributed by atoms with Crippen LogP contribution in [0.15, 0.2) is 344 Å². The van der Waals surface area contributed by atoms with Gasteiger partial charge >= 0.3 is 0 Å². The SMILES string of the molecule is C.C.c1cc2c(cn1)-c1cncnc1C2.c1ccc(Cc2ccccc2)cc1.c1ccc(Cc2ncccn2)nc1.c1ccc2c(c1)Cc1ccncc1-2.c1ccc2c(c1)Cc1cncnc1-2.c1ccccc1.c1cnc2c(c1)Cc1nccnc1-2.c1ncc(Cc2cncnc2)cn1.c1ncc2c(n1)-c1ncncc1C2. The second-order valence-corrected chi connectivity index (χ2v) is 25.3. The third kappa shape index (κ3) is 20.9. The molecule has 17 aromatic rings. The van der Waals surface area contributed by atoms with Crippen LogP contribution in [0.25, 0.3) is 56.3 Å². The lowest BCUT2D eigenvalue weighted by atomic mass is 10.1. The van der Waals surface area contributed by atoms with E-state index in [1.807, 2.05) is 122 Å². The summed E-state index contributed by atoms with van der Waals surface area (Å²) in [5.41, 5.74) is 29.4. The molecule has 20 nitrogen and oxygen atoms in total. The van der Waals surface area contributed by atoms with Crippen molar-refractivity contribution in [2.24, 2.45) is 0 Å². The molecule has 0 spiro atoms. The molecule has 5 aromatic carbocycles. The van der Waals surface area contributed by atoms with E-state index in [0.29, 0.717) is 6.42 Å². The molecule has 5 aliphatic rings. The molecule has 0 unspecified atom stereocenters. The number of hydrogen-bond acceptors (Lipinski definition) is 20. The summed E-state index contributed by atoms with van der Waals surface area (Å²) in [5, 5.41) is 0. The Morgan fingerprint density at radius 3 is 1.22 bits per heavy atom. The summed E-state index contributed by atoms with van der Waals surface area (Å²) in [6.07, 6.45) is 49.1. The number of pyridine rings is 4. The van der Waals surface area contributed by atoms with Gasteiger partial charge in [-0.05, 0) is 105 Å². The van der Waals surface area contributed by atoms with Crippen LogP contribution in [0.3, 0.4) is 0 Å². The Morgan fingerprint density at radius 1 is 0.196 bits per heavy atom. The van der Waals surface area contributed by atoms with Crippen LogP contribution in [0.5, 0.6) is 0 Å². The minimum atomic E-state index is 0. The number of hydrogen-bond donors (Lipinski definition) is 0. The predicted octanol–water partition coefficient (Wildman–Crippen LogP) is 17.0. The van der Waals surface area contributed by atoms with E-state index in [-0.39, 0.29) is 14.9 Å². The molecule has 0 N–H and O–H groups in total. The van der Waals surface area contributed by atoms with Crippen molar-refractivity contribution in [2.75, 3.05) is 0 Å². The molecule has 5 aliphatic carbocycles.